The summed E-state index contributed by atoms with van der Waals surface area (Å²) in [5.74, 6) is 0. The van der Waals surface area contributed by atoms with E-state index in [9.17, 15) is 0 Å². The second-order valence-corrected chi connectivity index (χ2v) is 3.32. The summed E-state index contributed by atoms with van der Waals surface area (Å²) in [7, 11) is 2.19. The molecule has 0 atom stereocenters. The van der Waals surface area contributed by atoms with Crippen LogP contribution in [0.1, 0.15) is 19.4 Å². The molecule has 0 aliphatic heterocycles. The van der Waals surface area contributed by atoms with Gasteiger partial charge in [0, 0.05) is 0 Å². The van der Waals surface area contributed by atoms with Crippen LogP contribution in [0.25, 0.3) is 0 Å². The van der Waals surface area contributed by atoms with E-state index in [1.54, 1.807) is 4.90 Å². The second-order valence-electron chi connectivity index (χ2n) is 3.32. The van der Waals surface area contributed by atoms with Crippen LogP contribution in [0.3, 0.4) is 0 Å². The minimum atomic E-state index is 1.25. The summed E-state index contributed by atoms with van der Waals surface area (Å²) in [4.78, 5) is 1.59. The summed E-state index contributed by atoms with van der Waals surface area (Å²) in [5, 5.41) is 0. The normalized spacial score (nSPS) is 9.31. The van der Waals surface area contributed by atoms with Crippen LogP contribution >= 0.6 is 0 Å². The van der Waals surface area contributed by atoms with Gasteiger partial charge in [0.25, 0.3) is 0 Å². The van der Waals surface area contributed by atoms with Gasteiger partial charge in [-0.25, -0.2) is 0 Å². The van der Waals surface area contributed by atoms with E-state index in [1.807, 2.05) is 18.2 Å². The first-order chi connectivity index (χ1) is 6.20. The second kappa shape index (κ2) is 7.81. The van der Waals surface area contributed by atoms with Gasteiger partial charge >= 0.3 is 0 Å². The number of aryl methyl sites for hydroxylation is 1. The smallest absolute Gasteiger partial charge is 0.0740 e. The molecule has 1 rings (SSSR count). The molecule has 0 aliphatic rings. The van der Waals surface area contributed by atoms with E-state index in [0.29, 0.717) is 0 Å². The molecule has 0 amide bonds. The zero-order valence-corrected chi connectivity index (χ0v) is 9.30. The molecular formula is C12H22N+. The lowest BCUT2D eigenvalue weighted by molar-refractivity contribution is -0.875. The SMILES string of the molecule is CC[NH+](C)CC.Cc1ccccc1. The molecule has 0 saturated heterocycles. The molecule has 0 aliphatic carbocycles. The van der Waals surface area contributed by atoms with Crippen molar-refractivity contribution < 1.29 is 4.90 Å². The van der Waals surface area contributed by atoms with Gasteiger partial charge in [0.15, 0.2) is 0 Å². The largest absolute Gasteiger partial charge is 0.338 e. The first-order valence-electron chi connectivity index (χ1n) is 5.03. The Morgan fingerprint density at radius 3 is 1.62 bits per heavy atom. The summed E-state index contributed by atoms with van der Waals surface area (Å²) in [6.45, 7) is 8.96. The third kappa shape index (κ3) is 7.54. The molecule has 0 aromatic heterocycles. The molecule has 0 heterocycles. The van der Waals surface area contributed by atoms with Gasteiger partial charge in [-0.3, -0.25) is 0 Å². The highest BCUT2D eigenvalue weighted by Crippen LogP contribution is 1.92. The van der Waals surface area contributed by atoms with Crippen molar-refractivity contribution in [2.24, 2.45) is 0 Å². The fraction of sp³-hybridized carbons (Fsp3) is 0.500. The van der Waals surface area contributed by atoms with Gasteiger partial charge in [0.1, 0.15) is 0 Å². The van der Waals surface area contributed by atoms with Crippen molar-refractivity contribution in [3.8, 4) is 0 Å². The number of hydrogen-bond donors (Lipinski definition) is 1. The van der Waals surface area contributed by atoms with Crippen molar-refractivity contribution in [3.63, 3.8) is 0 Å². The molecule has 0 radical (unpaired) electrons. The lowest BCUT2D eigenvalue weighted by Crippen LogP contribution is -3.08. The fourth-order valence-electron chi connectivity index (χ4n) is 0.784. The van der Waals surface area contributed by atoms with Gasteiger partial charge in [0.2, 0.25) is 0 Å². The molecule has 74 valence electrons. The quantitative estimate of drug-likeness (QED) is 0.704. The van der Waals surface area contributed by atoms with Crippen molar-refractivity contribution in [1.82, 2.24) is 0 Å². The van der Waals surface area contributed by atoms with Gasteiger partial charge in [-0.1, -0.05) is 35.9 Å². The highest BCUT2D eigenvalue weighted by Gasteiger charge is 1.85. The highest BCUT2D eigenvalue weighted by atomic mass is 15.1. The Morgan fingerprint density at radius 2 is 1.46 bits per heavy atom. The van der Waals surface area contributed by atoms with E-state index in [2.05, 4.69) is 40.0 Å². The van der Waals surface area contributed by atoms with Crippen LogP contribution in [0.2, 0.25) is 0 Å². The predicted octanol–water partition coefficient (Wildman–Crippen LogP) is 1.54. The molecule has 1 aromatic carbocycles. The maximum Gasteiger partial charge on any atom is 0.0740 e. The van der Waals surface area contributed by atoms with Crippen molar-refractivity contribution >= 4 is 0 Å². The van der Waals surface area contributed by atoms with E-state index in [-0.39, 0.29) is 0 Å². The molecule has 0 saturated carbocycles. The van der Waals surface area contributed by atoms with E-state index in [4.69, 9.17) is 0 Å². The van der Waals surface area contributed by atoms with Crippen molar-refractivity contribution in [1.29, 1.82) is 0 Å². The number of rotatable bonds is 2. The molecule has 1 heteroatoms. The molecule has 13 heavy (non-hydrogen) atoms. The Bertz CT molecular complexity index is 190. The van der Waals surface area contributed by atoms with Crippen LogP contribution in [-0.2, 0) is 0 Å². The van der Waals surface area contributed by atoms with Gasteiger partial charge in [-0.2, -0.15) is 0 Å². The third-order valence-electron chi connectivity index (χ3n) is 2.15. The van der Waals surface area contributed by atoms with Crippen LogP contribution in [0.15, 0.2) is 30.3 Å². The molecule has 0 unspecified atom stereocenters. The predicted molar refractivity (Wildman–Crippen MR) is 59.1 cm³/mol. The van der Waals surface area contributed by atoms with Gasteiger partial charge in [-0.15, -0.1) is 0 Å². The molecule has 0 fully saturated rings. The van der Waals surface area contributed by atoms with Crippen molar-refractivity contribution in [2.75, 3.05) is 20.1 Å². The maximum atomic E-state index is 2.19. The molecule has 0 bridgehead atoms. The van der Waals surface area contributed by atoms with E-state index in [1.165, 1.54) is 18.7 Å². The van der Waals surface area contributed by atoms with E-state index >= 15 is 0 Å². The number of nitrogens with one attached hydrogen (secondary N) is 1. The summed E-state index contributed by atoms with van der Waals surface area (Å²) >= 11 is 0. The highest BCUT2D eigenvalue weighted by molar-refractivity contribution is 5.11. The van der Waals surface area contributed by atoms with E-state index in [0.717, 1.165) is 0 Å². The Labute approximate surface area is 82.4 Å². The number of benzene rings is 1. The summed E-state index contributed by atoms with van der Waals surface area (Å²) in [6.07, 6.45) is 0. The minimum absolute atomic E-state index is 1.25. The summed E-state index contributed by atoms with van der Waals surface area (Å²) < 4.78 is 0. The number of quaternary nitrogens is 1. The monoisotopic (exact) mass is 180 g/mol. The van der Waals surface area contributed by atoms with Crippen LogP contribution in [0, 0.1) is 6.92 Å². The molecule has 1 N–H and O–H groups in total. The fourth-order valence-corrected chi connectivity index (χ4v) is 0.784. The zero-order valence-electron chi connectivity index (χ0n) is 9.30. The standard InChI is InChI=1S/C7H8.C5H13N/c1-7-5-3-2-4-6-7;1-4-6(3)5-2/h2-6H,1H3;4-5H2,1-3H3/p+1. The zero-order chi connectivity index (χ0) is 10.1. The Balaban J connectivity index is 0.000000226. The maximum absolute atomic E-state index is 2.19. The average Bonchev–Trinajstić information content (AvgIpc) is 2.19. The Morgan fingerprint density at radius 1 is 1.00 bits per heavy atom. The first-order valence-corrected chi connectivity index (χ1v) is 5.03. The van der Waals surface area contributed by atoms with Gasteiger partial charge in [-0.05, 0) is 20.8 Å². The Kier molecular flexibility index (Phi) is 7.32. The molecular weight excluding hydrogens is 158 g/mol. The van der Waals surface area contributed by atoms with Crippen molar-refractivity contribution in [2.45, 2.75) is 20.8 Å². The molecule has 1 nitrogen and oxygen atoms in total. The topological polar surface area (TPSA) is 4.44 Å². The van der Waals surface area contributed by atoms with Crippen LogP contribution in [0.4, 0.5) is 0 Å². The van der Waals surface area contributed by atoms with Gasteiger partial charge in [0.05, 0.1) is 20.1 Å². The molecule has 0 spiro atoms. The van der Waals surface area contributed by atoms with Crippen LogP contribution < -0.4 is 4.90 Å². The lowest BCUT2D eigenvalue weighted by atomic mass is 10.2. The number of hydrogen-bond acceptors (Lipinski definition) is 0. The third-order valence-corrected chi connectivity index (χ3v) is 2.15. The van der Waals surface area contributed by atoms with Crippen LogP contribution in [-0.4, -0.2) is 20.1 Å². The first kappa shape index (κ1) is 12.2. The average molecular weight is 180 g/mol. The lowest BCUT2D eigenvalue weighted by Gasteiger charge is -2.04. The summed E-state index contributed by atoms with van der Waals surface area (Å²) in [5.41, 5.74) is 1.32. The van der Waals surface area contributed by atoms with E-state index < -0.39 is 0 Å². The van der Waals surface area contributed by atoms with Crippen LogP contribution in [0.5, 0.6) is 0 Å². The summed E-state index contributed by atoms with van der Waals surface area (Å²) in [6, 6.07) is 10.3. The Hall–Kier alpha value is -0.820. The molecule has 1 aromatic rings. The van der Waals surface area contributed by atoms with Gasteiger partial charge < -0.3 is 4.90 Å². The van der Waals surface area contributed by atoms with Crippen molar-refractivity contribution in [3.05, 3.63) is 35.9 Å². The minimum Gasteiger partial charge on any atom is -0.338 e.